The van der Waals surface area contributed by atoms with Crippen molar-refractivity contribution >= 4 is 11.5 Å². The first-order valence-corrected chi connectivity index (χ1v) is 14.9. The van der Waals surface area contributed by atoms with Crippen molar-refractivity contribution in [2.24, 2.45) is 50.7 Å². The highest BCUT2D eigenvalue weighted by Gasteiger charge is 2.68. The minimum absolute atomic E-state index is 0.0907. The lowest BCUT2D eigenvalue weighted by Crippen LogP contribution is -2.64. The highest BCUT2D eigenvalue weighted by atomic mass is 16.4. The second kappa shape index (κ2) is 7.73. The van der Waals surface area contributed by atoms with Gasteiger partial charge in [-0.25, -0.2) is 4.79 Å². The Balaban J connectivity index is 1.35. The van der Waals surface area contributed by atoms with E-state index in [1.54, 1.807) is 12.1 Å². The van der Waals surface area contributed by atoms with Crippen molar-refractivity contribution in [1.29, 1.82) is 0 Å². The number of benzene rings is 1. The van der Waals surface area contributed by atoms with Gasteiger partial charge in [0.15, 0.2) is 0 Å². The summed E-state index contributed by atoms with van der Waals surface area (Å²) in [6.07, 6.45) is 16.6. The highest BCUT2D eigenvalue weighted by Crippen LogP contribution is 2.76. The van der Waals surface area contributed by atoms with Gasteiger partial charge in [-0.05, 0) is 132 Å². The van der Waals surface area contributed by atoms with Crippen LogP contribution in [0.2, 0.25) is 0 Å². The zero-order chi connectivity index (χ0) is 25.7. The van der Waals surface area contributed by atoms with Gasteiger partial charge in [0, 0.05) is 0 Å². The summed E-state index contributed by atoms with van der Waals surface area (Å²) in [5.41, 5.74) is 5.00. The molecule has 1 aromatic rings. The molecule has 2 heteroatoms. The Bertz CT molecular complexity index is 1100. The lowest BCUT2D eigenvalue weighted by molar-refractivity contribution is -0.221. The van der Waals surface area contributed by atoms with Crippen LogP contribution in [0, 0.1) is 50.7 Å². The van der Waals surface area contributed by atoms with Crippen molar-refractivity contribution in [3.63, 3.8) is 0 Å². The molecular weight excluding hydrogens is 440 g/mol. The molecule has 4 saturated carbocycles. The van der Waals surface area contributed by atoms with E-state index in [4.69, 9.17) is 0 Å². The number of allylic oxidation sites excluding steroid dienone is 2. The van der Waals surface area contributed by atoms with Gasteiger partial charge in [-0.1, -0.05) is 66.2 Å². The summed E-state index contributed by atoms with van der Waals surface area (Å²) >= 11 is 0. The number of aromatic carboxylic acids is 1. The maximum atomic E-state index is 11.4. The molecule has 0 saturated heterocycles. The Morgan fingerprint density at radius 2 is 1.50 bits per heavy atom. The van der Waals surface area contributed by atoms with Gasteiger partial charge in [0.1, 0.15) is 0 Å². The predicted molar refractivity (Wildman–Crippen MR) is 148 cm³/mol. The summed E-state index contributed by atoms with van der Waals surface area (Å²) < 4.78 is 0. The van der Waals surface area contributed by atoms with Gasteiger partial charge in [0.2, 0.25) is 0 Å². The summed E-state index contributed by atoms with van der Waals surface area (Å²) in [6, 6.07) is 7.64. The zero-order valence-corrected chi connectivity index (χ0v) is 23.6. The van der Waals surface area contributed by atoms with Crippen LogP contribution in [0.15, 0.2) is 30.3 Å². The Kier molecular flexibility index (Phi) is 5.32. The Morgan fingerprint density at radius 1 is 0.778 bits per heavy atom. The third-order valence-corrected chi connectivity index (χ3v) is 13.8. The Labute approximate surface area is 219 Å². The molecule has 0 aliphatic heterocycles. The van der Waals surface area contributed by atoms with Crippen molar-refractivity contribution < 1.29 is 9.90 Å². The monoisotopic (exact) mass is 488 g/mol. The number of carboxylic acid groups (broad SMARTS) is 1. The molecule has 36 heavy (non-hydrogen) atoms. The molecule has 5 aliphatic carbocycles. The van der Waals surface area contributed by atoms with Crippen LogP contribution in [-0.2, 0) is 0 Å². The summed E-state index contributed by atoms with van der Waals surface area (Å²) in [5.74, 6) is 2.51. The average molecular weight is 489 g/mol. The smallest absolute Gasteiger partial charge is 0.335 e. The summed E-state index contributed by atoms with van der Waals surface area (Å²) in [7, 11) is 0. The SMILES string of the molecule is CC1(C)C(c2ccc(C(=O)O)cc2)=CCC2(C)C1CCC1(C)C2CCC2[C@H]3CCCC3(C)CC[C@]21C. The van der Waals surface area contributed by atoms with Gasteiger partial charge in [-0.2, -0.15) is 0 Å². The van der Waals surface area contributed by atoms with Gasteiger partial charge < -0.3 is 5.11 Å². The number of carboxylic acids is 1. The molecule has 0 bridgehead atoms. The second-order valence-corrected chi connectivity index (χ2v) is 15.2. The topological polar surface area (TPSA) is 37.3 Å². The van der Waals surface area contributed by atoms with Gasteiger partial charge >= 0.3 is 5.97 Å². The molecule has 6 unspecified atom stereocenters. The lowest BCUT2D eigenvalue weighted by Gasteiger charge is -2.72. The second-order valence-electron chi connectivity index (χ2n) is 15.2. The molecule has 0 amide bonds. The van der Waals surface area contributed by atoms with Crippen LogP contribution in [0.25, 0.3) is 5.57 Å². The van der Waals surface area contributed by atoms with E-state index >= 15 is 0 Å². The molecule has 5 aliphatic rings. The quantitative estimate of drug-likeness (QED) is 0.450. The third kappa shape index (κ3) is 3.05. The van der Waals surface area contributed by atoms with Gasteiger partial charge in [0.25, 0.3) is 0 Å². The predicted octanol–water partition coefficient (Wildman–Crippen LogP) is 9.25. The Hall–Kier alpha value is -1.57. The third-order valence-electron chi connectivity index (χ3n) is 13.8. The van der Waals surface area contributed by atoms with Crippen LogP contribution >= 0.6 is 0 Å². The van der Waals surface area contributed by atoms with E-state index in [-0.39, 0.29) is 5.41 Å². The van der Waals surface area contributed by atoms with Crippen LogP contribution in [0.5, 0.6) is 0 Å². The largest absolute Gasteiger partial charge is 0.478 e. The average Bonchev–Trinajstić information content (AvgIpc) is 3.21. The van der Waals surface area contributed by atoms with Crippen molar-refractivity contribution in [3.05, 3.63) is 41.5 Å². The summed E-state index contributed by atoms with van der Waals surface area (Å²) in [6.45, 7) is 15.7. The van der Waals surface area contributed by atoms with Gasteiger partial charge in [-0.15, -0.1) is 0 Å². The van der Waals surface area contributed by atoms with E-state index in [0.717, 1.165) is 17.8 Å². The fourth-order valence-corrected chi connectivity index (χ4v) is 11.8. The van der Waals surface area contributed by atoms with Gasteiger partial charge in [0.05, 0.1) is 5.56 Å². The maximum absolute atomic E-state index is 11.4. The van der Waals surface area contributed by atoms with Crippen molar-refractivity contribution in [1.82, 2.24) is 0 Å². The number of hydrogen-bond donors (Lipinski definition) is 1. The fraction of sp³-hybridized carbons (Fsp3) is 0.735. The molecular formula is C34H48O2. The van der Waals surface area contributed by atoms with Crippen LogP contribution in [0.1, 0.15) is 122 Å². The summed E-state index contributed by atoms with van der Waals surface area (Å²) in [5, 5.41) is 9.36. The van der Waals surface area contributed by atoms with Gasteiger partial charge in [-0.3, -0.25) is 0 Å². The lowest BCUT2D eigenvalue weighted by atomic mass is 9.33. The molecule has 196 valence electrons. The number of fused-ring (bicyclic) bond motifs is 7. The molecule has 8 atom stereocenters. The van der Waals surface area contributed by atoms with E-state index in [2.05, 4.69) is 47.6 Å². The molecule has 1 N–H and O–H groups in total. The zero-order valence-electron chi connectivity index (χ0n) is 23.6. The van der Waals surface area contributed by atoms with E-state index in [1.807, 2.05) is 12.1 Å². The molecule has 0 heterocycles. The van der Waals surface area contributed by atoms with Crippen LogP contribution in [0.4, 0.5) is 0 Å². The van der Waals surface area contributed by atoms with Crippen LogP contribution in [-0.4, -0.2) is 11.1 Å². The standard InChI is InChI=1S/C34H48O2/c1-30(2)24(22-9-11-23(12-10-22)29(35)36)15-18-32(4)27(30)16-19-34(6)28(32)14-13-26-25-8-7-17-31(25,3)20-21-33(26,34)5/h9-12,15,25-28H,7-8,13-14,16-21H2,1-6H3,(H,35,36)/t25-,26?,27?,28?,31?,32?,33-,34?/m1/s1. The number of carbonyl (C=O) groups is 1. The molecule has 0 aromatic heterocycles. The molecule has 0 spiro atoms. The van der Waals surface area contributed by atoms with E-state index in [9.17, 15) is 9.90 Å². The van der Waals surface area contributed by atoms with E-state index in [0.29, 0.717) is 33.1 Å². The minimum atomic E-state index is -0.845. The first kappa shape index (κ1) is 24.7. The van der Waals surface area contributed by atoms with Crippen molar-refractivity contribution in [2.45, 2.75) is 106 Å². The first-order valence-electron chi connectivity index (χ1n) is 14.9. The van der Waals surface area contributed by atoms with E-state index < -0.39 is 5.97 Å². The molecule has 1 aromatic carbocycles. The van der Waals surface area contributed by atoms with E-state index in [1.165, 1.54) is 75.3 Å². The first-order chi connectivity index (χ1) is 16.9. The normalized spacial score (nSPS) is 47.1. The van der Waals surface area contributed by atoms with Crippen LogP contribution in [0.3, 0.4) is 0 Å². The van der Waals surface area contributed by atoms with Crippen LogP contribution < -0.4 is 0 Å². The number of hydrogen-bond acceptors (Lipinski definition) is 1. The number of rotatable bonds is 2. The Morgan fingerprint density at radius 3 is 2.19 bits per heavy atom. The molecule has 4 fully saturated rings. The van der Waals surface area contributed by atoms with Crippen molar-refractivity contribution in [3.8, 4) is 0 Å². The minimum Gasteiger partial charge on any atom is -0.478 e. The highest BCUT2D eigenvalue weighted by molar-refractivity contribution is 5.88. The molecule has 2 nitrogen and oxygen atoms in total. The fourth-order valence-electron chi connectivity index (χ4n) is 11.8. The molecule has 6 rings (SSSR count). The summed E-state index contributed by atoms with van der Waals surface area (Å²) in [4.78, 5) is 11.4. The van der Waals surface area contributed by atoms with Crippen molar-refractivity contribution in [2.75, 3.05) is 0 Å². The molecule has 0 radical (unpaired) electrons. The maximum Gasteiger partial charge on any atom is 0.335 e.